The van der Waals surface area contributed by atoms with Crippen LogP contribution in [0.5, 0.6) is 0 Å². The van der Waals surface area contributed by atoms with E-state index in [1.807, 2.05) is 6.07 Å². The third-order valence-electron chi connectivity index (χ3n) is 7.12. The number of allylic oxidation sites excluding steroid dienone is 4. The molecule has 5 heteroatoms. The summed E-state index contributed by atoms with van der Waals surface area (Å²) in [6.07, 6.45) is 7.66. The summed E-state index contributed by atoms with van der Waals surface area (Å²) < 4.78 is -0.553. The molecule has 176 valence electrons. The van der Waals surface area contributed by atoms with E-state index < -0.39 is 24.8 Å². The molecule has 0 spiro atoms. The zero-order valence-corrected chi connectivity index (χ0v) is 25.3. The predicted octanol–water partition coefficient (Wildman–Crippen LogP) is 8.17. The molecule has 1 atom stereocenters. The van der Waals surface area contributed by atoms with E-state index in [1.54, 1.807) is 0 Å². The van der Waals surface area contributed by atoms with Crippen molar-refractivity contribution in [3.8, 4) is 0 Å². The quantitative estimate of drug-likeness (QED) is 0.266. The number of benzene rings is 3. The van der Waals surface area contributed by atoms with Gasteiger partial charge in [-0.15, -0.1) is 0 Å². The van der Waals surface area contributed by atoms with Crippen molar-refractivity contribution in [1.29, 1.82) is 0 Å². The van der Waals surface area contributed by atoms with Gasteiger partial charge < -0.3 is 0 Å². The van der Waals surface area contributed by atoms with Crippen LogP contribution < -0.4 is 10.4 Å². The Balaban J connectivity index is 2.00. The molecule has 0 heterocycles. The second-order valence-electron chi connectivity index (χ2n) is 9.96. The number of hydrogen-bond acceptors (Lipinski definition) is 0. The molecular formula is C29H31Cl3SiTi. The third-order valence-corrected chi connectivity index (χ3v) is 23.6. The normalized spacial score (nSPS) is 18.3. The van der Waals surface area contributed by atoms with Crippen LogP contribution in [0.2, 0.25) is 9.89 Å². The molecule has 0 radical (unpaired) electrons. The van der Waals surface area contributed by atoms with Gasteiger partial charge >= 0.3 is 222 Å². The zero-order chi connectivity index (χ0) is 24.7. The second kappa shape index (κ2) is 9.77. The van der Waals surface area contributed by atoms with Gasteiger partial charge in [0.2, 0.25) is 0 Å². The van der Waals surface area contributed by atoms with Gasteiger partial charge in [-0.05, 0) is 0 Å². The summed E-state index contributed by atoms with van der Waals surface area (Å²) in [4.78, 5) is 0. The first-order valence-electron chi connectivity index (χ1n) is 11.6. The van der Waals surface area contributed by atoms with Crippen molar-refractivity contribution in [3.63, 3.8) is 0 Å². The maximum atomic E-state index is 7.17. The van der Waals surface area contributed by atoms with Crippen LogP contribution in [0.25, 0.3) is 0 Å². The van der Waals surface area contributed by atoms with E-state index >= 15 is 0 Å². The van der Waals surface area contributed by atoms with Crippen LogP contribution in [0.4, 0.5) is 0 Å². The van der Waals surface area contributed by atoms with E-state index in [4.69, 9.17) is 27.9 Å². The van der Waals surface area contributed by atoms with Crippen LogP contribution in [0.15, 0.2) is 90.5 Å². The molecule has 3 aromatic rings. The molecule has 0 N–H and O–H groups in total. The second-order valence-corrected chi connectivity index (χ2v) is 27.2. The molecular weight excluding hydrogens is 531 g/mol. The van der Waals surface area contributed by atoms with Gasteiger partial charge in [-0.25, -0.2) is 0 Å². The first-order chi connectivity index (χ1) is 15.9. The summed E-state index contributed by atoms with van der Waals surface area (Å²) in [5, 5.41) is 2.66. The topological polar surface area (TPSA) is 0 Å². The summed E-state index contributed by atoms with van der Waals surface area (Å²) in [7, 11) is 18.9. The molecule has 0 saturated carbocycles. The van der Waals surface area contributed by atoms with Crippen LogP contribution >= 0.6 is 27.9 Å². The van der Waals surface area contributed by atoms with Gasteiger partial charge in [-0.2, -0.15) is 0 Å². The Morgan fingerprint density at radius 3 is 1.65 bits per heavy atom. The van der Waals surface area contributed by atoms with Gasteiger partial charge in [-0.3, -0.25) is 0 Å². The van der Waals surface area contributed by atoms with E-state index in [0.717, 1.165) is 6.42 Å². The Hall–Kier alpha value is -1.06. The fourth-order valence-corrected chi connectivity index (χ4v) is 23.8. The molecule has 0 aliphatic heterocycles. The first kappa shape index (κ1) is 26.0. The molecule has 0 bridgehead atoms. The van der Waals surface area contributed by atoms with E-state index in [2.05, 4.69) is 113 Å². The van der Waals surface area contributed by atoms with Gasteiger partial charge in [0.25, 0.3) is 0 Å². The Morgan fingerprint density at radius 2 is 1.21 bits per heavy atom. The molecule has 0 amide bonds. The number of halogens is 3. The monoisotopic (exact) mass is 560 g/mol. The van der Waals surface area contributed by atoms with Gasteiger partial charge in [0.1, 0.15) is 0 Å². The van der Waals surface area contributed by atoms with Crippen LogP contribution in [0, 0.1) is 27.7 Å². The maximum absolute atomic E-state index is 7.17. The van der Waals surface area contributed by atoms with Crippen molar-refractivity contribution in [2.24, 2.45) is 0 Å². The Morgan fingerprint density at radius 1 is 0.735 bits per heavy atom. The zero-order valence-electron chi connectivity index (χ0n) is 20.4. The van der Waals surface area contributed by atoms with Crippen LogP contribution in [0.1, 0.15) is 27.8 Å². The summed E-state index contributed by atoms with van der Waals surface area (Å²) in [6, 6.07) is 24.3. The number of rotatable bonds is 6. The molecule has 0 aromatic heterocycles. The molecule has 34 heavy (non-hydrogen) atoms. The van der Waals surface area contributed by atoms with E-state index in [-0.39, 0.29) is 0 Å². The SMILES string of the molecule is Cc1cc(C)cc([Si](C)(c2cc(C)cc(C)c2)[C]2([Ti]([Cl])([Cl])[Cl])C=CC(Cc3ccccc3)=C2)c1. The molecule has 3 aromatic carbocycles. The summed E-state index contributed by atoms with van der Waals surface area (Å²) in [6.45, 7) is 11.1. The van der Waals surface area contributed by atoms with E-state index in [9.17, 15) is 0 Å². The van der Waals surface area contributed by atoms with Crippen molar-refractivity contribution in [3.05, 3.63) is 118 Å². The molecule has 4 rings (SSSR count). The molecule has 1 unspecified atom stereocenters. The van der Waals surface area contributed by atoms with Gasteiger partial charge in [0.15, 0.2) is 0 Å². The van der Waals surface area contributed by atoms with E-state index in [0.29, 0.717) is 0 Å². The number of aryl methyl sites for hydroxylation is 4. The van der Waals surface area contributed by atoms with Gasteiger partial charge in [0.05, 0.1) is 0 Å². The predicted molar refractivity (Wildman–Crippen MR) is 150 cm³/mol. The molecule has 0 nitrogen and oxygen atoms in total. The minimum absolute atomic E-state index is 0.553. The van der Waals surface area contributed by atoms with E-state index in [1.165, 1.54) is 43.8 Å². The van der Waals surface area contributed by atoms with Crippen LogP contribution in [0.3, 0.4) is 0 Å². The summed E-state index contributed by atoms with van der Waals surface area (Å²) in [5.74, 6) is 0. The molecule has 1 aliphatic carbocycles. The van der Waals surface area contributed by atoms with Gasteiger partial charge in [-0.1, -0.05) is 0 Å². The van der Waals surface area contributed by atoms with Crippen molar-refractivity contribution in [1.82, 2.24) is 0 Å². The average molecular weight is 562 g/mol. The van der Waals surface area contributed by atoms with Crippen LogP contribution in [-0.4, -0.2) is 8.07 Å². The summed E-state index contributed by atoms with van der Waals surface area (Å²) in [5.41, 5.74) is 7.50. The van der Waals surface area contributed by atoms with Crippen molar-refractivity contribution in [2.75, 3.05) is 0 Å². The molecule has 1 aliphatic rings. The molecule has 0 fully saturated rings. The third kappa shape index (κ3) is 4.81. The fraction of sp³-hybridized carbons (Fsp3) is 0.241. The van der Waals surface area contributed by atoms with Crippen molar-refractivity contribution < 1.29 is 13.4 Å². The molecule has 0 saturated heterocycles. The average Bonchev–Trinajstić information content (AvgIpc) is 3.18. The van der Waals surface area contributed by atoms with Crippen molar-refractivity contribution >= 4 is 46.4 Å². The summed E-state index contributed by atoms with van der Waals surface area (Å²) >= 11 is -3.91. The standard InChI is InChI=1S/C29H31Si.3ClH.Ti/c1-21-13-22(2)16-28(15-21)30(5,29-17-23(3)14-24(4)18-29)27-12-11-26(20-27)19-25-9-7-6-8-10-25;;;;/h6-18,20H,19H2,1-5H3;3*1H;/q;;;;+3/p-3. The fourth-order valence-electron chi connectivity index (χ4n) is 5.51. The van der Waals surface area contributed by atoms with Crippen molar-refractivity contribution in [2.45, 2.75) is 44.0 Å². The Bertz CT molecular complexity index is 1180. The Labute approximate surface area is 220 Å². The van der Waals surface area contributed by atoms with Crippen LogP contribution in [-0.2, 0) is 19.8 Å². The first-order valence-corrected chi connectivity index (χ1v) is 21.4. The minimum atomic E-state index is -3.91. The van der Waals surface area contributed by atoms with Gasteiger partial charge in [0, 0.05) is 0 Å². The Kier molecular flexibility index (Phi) is 7.48. The number of hydrogen-bond donors (Lipinski definition) is 0.